The van der Waals surface area contributed by atoms with E-state index in [0.29, 0.717) is 0 Å². The Kier molecular flexibility index (Phi) is 4.39. The fraction of sp³-hybridized carbons (Fsp3) is 0.462. The summed E-state index contributed by atoms with van der Waals surface area (Å²) >= 11 is 3.02. The van der Waals surface area contributed by atoms with Gasteiger partial charge in [-0.2, -0.15) is 13.2 Å². The topological polar surface area (TPSA) is 41.1 Å². The van der Waals surface area contributed by atoms with Gasteiger partial charge in [0.05, 0.1) is 5.56 Å². The van der Waals surface area contributed by atoms with Gasteiger partial charge in [-0.3, -0.25) is 4.79 Å². The van der Waals surface area contributed by atoms with Crippen LogP contribution in [0.25, 0.3) is 0 Å². The Balaban J connectivity index is 2.12. The molecule has 0 aromatic heterocycles. The zero-order valence-electron chi connectivity index (χ0n) is 10.7. The highest BCUT2D eigenvalue weighted by Crippen LogP contribution is 2.33. The van der Waals surface area contributed by atoms with Gasteiger partial charge in [-0.05, 0) is 37.2 Å². The van der Waals surface area contributed by atoms with E-state index in [-0.39, 0.29) is 27.9 Å². The summed E-state index contributed by atoms with van der Waals surface area (Å²) in [6.07, 6.45) is -4.44. The van der Waals surface area contributed by atoms with Crippen LogP contribution in [0, 0.1) is 11.8 Å². The van der Waals surface area contributed by atoms with Crippen molar-refractivity contribution in [1.82, 2.24) is 5.32 Å². The molecule has 0 spiro atoms. The zero-order chi connectivity index (χ0) is 14.9. The standard InChI is InChI=1S/C13H14BrF3N2O/c1-7(8-5-18-6-8)12(20)19-11-3-9(13(15,16)17)2-10(14)4-11/h2-4,7-8,18H,5-6H2,1H3,(H,19,20). The average Bonchev–Trinajstić information content (AvgIpc) is 2.24. The minimum Gasteiger partial charge on any atom is -0.326 e. The van der Waals surface area contributed by atoms with Crippen LogP contribution >= 0.6 is 15.9 Å². The number of carbonyl (C=O) groups is 1. The van der Waals surface area contributed by atoms with E-state index in [0.717, 1.165) is 25.2 Å². The molecule has 1 atom stereocenters. The summed E-state index contributed by atoms with van der Waals surface area (Å²) < 4.78 is 38.4. The highest BCUT2D eigenvalue weighted by Gasteiger charge is 2.32. The molecule has 1 aliphatic heterocycles. The molecule has 110 valence electrons. The quantitative estimate of drug-likeness (QED) is 0.878. The maximum absolute atomic E-state index is 12.7. The second-order valence-electron chi connectivity index (χ2n) is 4.92. The highest BCUT2D eigenvalue weighted by atomic mass is 79.9. The number of carbonyl (C=O) groups excluding carboxylic acids is 1. The van der Waals surface area contributed by atoms with Crippen LogP contribution in [0.1, 0.15) is 12.5 Å². The summed E-state index contributed by atoms with van der Waals surface area (Å²) in [6.45, 7) is 3.31. The van der Waals surface area contributed by atoms with Crippen LogP contribution in [-0.4, -0.2) is 19.0 Å². The van der Waals surface area contributed by atoms with Gasteiger partial charge in [0.1, 0.15) is 0 Å². The predicted molar refractivity (Wildman–Crippen MR) is 73.3 cm³/mol. The largest absolute Gasteiger partial charge is 0.416 e. The van der Waals surface area contributed by atoms with Crippen molar-refractivity contribution in [3.8, 4) is 0 Å². The maximum Gasteiger partial charge on any atom is 0.416 e. The van der Waals surface area contributed by atoms with Gasteiger partial charge in [-0.25, -0.2) is 0 Å². The third kappa shape index (κ3) is 3.52. The molecule has 1 aromatic carbocycles. The van der Waals surface area contributed by atoms with Crippen LogP contribution in [0.5, 0.6) is 0 Å². The Hall–Kier alpha value is -1.08. The minimum absolute atomic E-state index is 0.149. The first-order valence-corrected chi connectivity index (χ1v) is 6.96. The fourth-order valence-electron chi connectivity index (χ4n) is 1.96. The molecule has 1 aliphatic rings. The van der Waals surface area contributed by atoms with Gasteiger partial charge in [-0.15, -0.1) is 0 Å². The maximum atomic E-state index is 12.7. The molecule has 1 heterocycles. The number of hydrogen-bond donors (Lipinski definition) is 2. The summed E-state index contributed by atoms with van der Waals surface area (Å²) in [5.74, 6) is -0.253. The van der Waals surface area contributed by atoms with Crippen LogP contribution in [-0.2, 0) is 11.0 Å². The number of alkyl halides is 3. The second kappa shape index (κ2) is 5.73. The number of benzene rings is 1. The first-order valence-electron chi connectivity index (χ1n) is 6.17. The van der Waals surface area contributed by atoms with Gasteiger partial charge >= 0.3 is 6.18 Å². The van der Waals surface area contributed by atoms with E-state index in [1.807, 2.05) is 0 Å². The molecule has 20 heavy (non-hydrogen) atoms. The molecule has 2 rings (SSSR count). The third-order valence-corrected chi connectivity index (χ3v) is 3.88. The molecule has 0 radical (unpaired) electrons. The van der Waals surface area contributed by atoms with Gasteiger partial charge in [0.25, 0.3) is 0 Å². The normalized spacial score (nSPS) is 17.4. The molecule has 2 N–H and O–H groups in total. The molecule has 1 amide bonds. The van der Waals surface area contributed by atoms with Gasteiger partial charge in [-0.1, -0.05) is 22.9 Å². The monoisotopic (exact) mass is 350 g/mol. The van der Waals surface area contributed by atoms with Crippen LogP contribution in [0.4, 0.5) is 18.9 Å². The Morgan fingerprint density at radius 1 is 1.40 bits per heavy atom. The summed E-state index contributed by atoms with van der Waals surface area (Å²) in [5.41, 5.74) is -0.643. The van der Waals surface area contributed by atoms with Gasteiger partial charge in [0.2, 0.25) is 5.91 Å². The lowest BCUT2D eigenvalue weighted by Gasteiger charge is -2.31. The molecule has 1 fully saturated rings. The van der Waals surface area contributed by atoms with Crippen LogP contribution < -0.4 is 10.6 Å². The van der Waals surface area contributed by atoms with Crippen molar-refractivity contribution in [2.45, 2.75) is 13.1 Å². The number of amides is 1. The molecule has 1 saturated heterocycles. The summed E-state index contributed by atoms with van der Waals surface area (Å²) in [5, 5.41) is 5.61. The molecule has 3 nitrogen and oxygen atoms in total. The molecule has 1 aromatic rings. The SMILES string of the molecule is CC(C(=O)Nc1cc(Br)cc(C(F)(F)F)c1)C1CNC1. The minimum atomic E-state index is -4.44. The summed E-state index contributed by atoms with van der Waals surface area (Å²) in [6, 6.07) is 3.38. The summed E-state index contributed by atoms with van der Waals surface area (Å²) in [7, 11) is 0. The molecule has 0 aliphatic carbocycles. The van der Waals surface area contributed by atoms with Crippen LogP contribution in [0.15, 0.2) is 22.7 Å². The molecular weight excluding hydrogens is 337 g/mol. The summed E-state index contributed by atoms with van der Waals surface area (Å²) in [4.78, 5) is 12.0. The Labute approximate surface area is 123 Å². The predicted octanol–water partition coefficient (Wildman–Crippen LogP) is 3.26. The third-order valence-electron chi connectivity index (χ3n) is 3.43. The molecule has 0 saturated carbocycles. The Morgan fingerprint density at radius 2 is 2.05 bits per heavy atom. The van der Waals surface area contributed by atoms with Gasteiger partial charge < -0.3 is 10.6 Å². The second-order valence-corrected chi connectivity index (χ2v) is 5.84. The number of anilines is 1. The van der Waals surface area contributed by atoms with E-state index in [9.17, 15) is 18.0 Å². The Morgan fingerprint density at radius 3 is 2.55 bits per heavy atom. The van der Waals surface area contributed by atoms with E-state index in [1.165, 1.54) is 6.07 Å². The van der Waals surface area contributed by atoms with Crippen LogP contribution in [0.3, 0.4) is 0 Å². The number of hydrogen-bond acceptors (Lipinski definition) is 2. The van der Waals surface area contributed by atoms with Gasteiger partial charge in [0.15, 0.2) is 0 Å². The van der Waals surface area contributed by atoms with E-state index in [2.05, 4.69) is 26.6 Å². The lowest BCUT2D eigenvalue weighted by Crippen LogP contribution is -2.48. The molecule has 0 bridgehead atoms. The first kappa shape index (κ1) is 15.3. The molecular formula is C13H14BrF3N2O. The van der Waals surface area contributed by atoms with Crippen molar-refractivity contribution in [3.63, 3.8) is 0 Å². The number of halogens is 4. The lowest BCUT2D eigenvalue weighted by atomic mass is 9.88. The highest BCUT2D eigenvalue weighted by molar-refractivity contribution is 9.10. The molecule has 7 heteroatoms. The van der Waals surface area contributed by atoms with Crippen molar-refractivity contribution in [1.29, 1.82) is 0 Å². The first-order chi connectivity index (χ1) is 9.27. The number of rotatable bonds is 3. The smallest absolute Gasteiger partial charge is 0.326 e. The lowest BCUT2D eigenvalue weighted by molar-refractivity contribution is -0.137. The van der Waals surface area contributed by atoms with Crippen molar-refractivity contribution < 1.29 is 18.0 Å². The van der Waals surface area contributed by atoms with E-state index in [4.69, 9.17) is 0 Å². The van der Waals surface area contributed by atoms with Crippen molar-refractivity contribution >= 4 is 27.5 Å². The Bertz CT molecular complexity index is 515. The van der Waals surface area contributed by atoms with Gasteiger partial charge in [0, 0.05) is 16.1 Å². The fourth-order valence-corrected chi connectivity index (χ4v) is 2.45. The van der Waals surface area contributed by atoms with E-state index < -0.39 is 11.7 Å². The van der Waals surface area contributed by atoms with Crippen molar-refractivity contribution in [3.05, 3.63) is 28.2 Å². The van der Waals surface area contributed by atoms with E-state index >= 15 is 0 Å². The molecule has 1 unspecified atom stereocenters. The number of nitrogens with one attached hydrogen (secondary N) is 2. The van der Waals surface area contributed by atoms with Crippen LogP contribution in [0.2, 0.25) is 0 Å². The van der Waals surface area contributed by atoms with E-state index in [1.54, 1.807) is 6.92 Å². The zero-order valence-corrected chi connectivity index (χ0v) is 12.3. The van der Waals surface area contributed by atoms with Crippen molar-refractivity contribution in [2.24, 2.45) is 11.8 Å². The van der Waals surface area contributed by atoms with Crippen molar-refractivity contribution in [2.75, 3.05) is 18.4 Å². The average molecular weight is 351 g/mol.